The van der Waals surface area contributed by atoms with Crippen molar-refractivity contribution >= 4 is 27.5 Å². The van der Waals surface area contributed by atoms with Gasteiger partial charge in [0, 0.05) is 10.2 Å². The highest BCUT2D eigenvalue weighted by Crippen LogP contribution is 2.26. The topological polar surface area (TPSA) is 38.3 Å². The zero-order valence-corrected chi connectivity index (χ0v) is 14.9. The van der Waals surface area contributed by atoms with Crippen LogP contribution in [0.3, 0.4) is 0 Å². The largest absolute Gasteiger partial charge is 0.483 e. The number of benzene rings is 2. The fourth-order valence-corrected chi connectivity index (χ4v) is 2.70. The molecule has 0 spiro atoms. The van der Waals surface area contributed by atoms with E-state index < -0.39 is 0 Å². The highest BCUT2D eigenvalue weighted by molar-refractivity contribution is 9.10. The van der Waals surface area contributed by atoms with Crippen molar-refractivity contribution in [1.29, 1.82) is 0 Å². The first-order chi connectivity index (χ1) is 10.4. The van der Waals surface area contributed by atoms with Crippen molar-refractivity contribution in [1.82, 2.24) is 0 Å². The Kier molecular flexibility index (Phi) is 5.24. The van der Waals surface area contributed by atoms with E-state index >= 15 is 0 Å². The molecule has 0 saturated heterocycles. The van der Waals surface area contributed by atoms with Crippen LogP contribution < -0.4 is 10.1 Å². The predicted molar refractivity (Wildman–Crippen MR) is 93.7 cm³/mol. The van der Waals surface area contributed by atoms with Gasteiger partial charge in [0.2, 0.25) is 0 Å². The van der Waals surface area contributed by atoms with Crippen molar-refractivity contribution in [2.75, 3.05) is 11.9 Å². The van der Waals surface area contributed by atoms with Crippen molar-refractivity contribution in [2.45, 2.75) is 27.7 Å². The first kappa shape index (κ1) is 16.6. The van der Waals surface area contributed by atoms with Crippen LogP contribution in [-0.2, 0) is 4.79 Å². The van der Waals surface area contributed by atoms with Gasteiger partial charge in [0.25, 0.3) is 5.91 Å². The van der Waals surface area contributed by atoms with Crippen LogP contribution in [0.4, 0.5) is 5.69 Å². The third-order valence-corrected chi connectivity index (χ3v) is 4.41. The molecule has 0 radical (unpaired) electrons. The Balaban J connectivity index is 2.03. The Bertz CT molecular complexity index is 690. The van der Waals surface area contributed by atoms with E-state index in [1.54, 1.807) is 0 Å². The zero-order valence-electron chi connectivity index (χ0n) is 13.3. The van der Waals surface area contributed by atoms with Gasteiger partial charge in [0.15, 0.2) is 6.61 Å². The average molecular weight is 362 g/mol. The lowest BCUT2D eigenvalue weighted by atomic mass is 10.1. The van der Waals surface area contributed by atoms with E-state index in [0.29, 0.717) is 0 Å². The van der Waals surface area contributed by atoms with E-state index in [1.807, 2.05) is 58.0 Å². The number of nitrogens with one attached hydrogen (secondary N) is 1. The van der Waals surface area contributed by atoms with Gasteiger partial charge in [-0.15, -0.1) is 0 Å². The fourth-order valence-electron chi connectivity index (χ4n) is 2.24. The van der Waals surface area contributed by atoms with Gasteiger partial charge in [-0.1, -0.05) is 34.1 Å². The maximum Gasteiger partial charge on any atom is 0.262 e. The lowest BCUT2D eigenvalue weighted by molar-refractivity contribution is -0.118. The summed E-state index contributed by atoms with van der Waals surface area (Å²) in [5.74, 6) is 0.578. The lowest BCUT2D eigenvalue weighted by Crippen LogP contribution is -2.21. The quantitative estimate of drug-likeness (QED) is 0.856. The first-order valence-corrected chi connectivity index (χ1v) is 7.93. The third-order valence-electron chi connectivity index (χ3n) is 3.56. The molecule has 3 nitrogen and oxygen atoms in total. The zero-order chi connectivity index (χ0) is 16.3. The Hall–Kier alpha value is -1.81. The molecule has 0 aliphatic heterocycles. The normalized spacial score (nSPS) is 10.4. The third kappa shape index (κ3) is 3.89. The van der Waals surface area contributed by atoms with Gasteiger partial charge in [-0.2, -0.15) is 0 Å². The smallest absolute Gasteiger partial charge is 0.262 e. The number of carbonyl (C=O) groups is 1. The lowest BCUT2D eigenvalue weighted by Gasteiger charge is -2.13. The van der Waals surface area contributed by atoms with Crippen LogP contribution in [0.15, 0.2) is 34.8 Å². The minimum atomic E-state index is -0.155. The van der Waals surface area contributed by atoms with Crippen molar-refractivity contribution < 1.29 is 9.53 Å². The minimum absolute atomic E-state index is 0.00428. The molecule has 2 rings (SSSR count). The summed E-state index contributed by atoms with van der Waals surface area (Å²) in [6.45, 7) is 7.91. The first-order valence-electron chi connectivity index (χ1n) is 7.14. The SMILES string of the molecule is Cc1cc(OCC(=O)Nc2c(C)cccc2C)c(C)cc1Br. The number of anilines is 1. The predicted octanol–water partition coefficient (Wildman–Crippen LogP) is 4.70. The van der Waals surface area contributed by atoms with Gasteiger partial charge in [-0.3, -0.25) is 4.79 Å². The summed E-state index contributed by atoms with van der Waals surface area (Å²) < 4.78 is 6.69. The van der Waals surface area contributed by atoms with Gasteiger partial charge in [0.1, 0.15) is 5.75 Å². The molecular weight excluding hydrogens is 342 g/mol. The number of hydrogen-bond acceptors (Lipinski definition) is 2. The van der Waals surface area contributed by atoms with Gasteiger partial charge >= 0.3 is 0 Å². The van der Waals surface area contributed by atoms with Gasteiger partial charge in [0.05, 0.1) is 0 Å². The number of hydrogen-bond donors (Lipinski definition) is 1. The number of carbonyl (C=O) groups excluding carboxylic acids is 1. The van der Waals surface area contributed by atoms with E-state index in [2.05, 4.69) is 21.2 Å². The van der Waals surface area contributed by atoms with E-state index in [1.165, 1.54) is 0 Å². The molecule has 0 bridgehead atoms. The highest BCUT2D eigenvalue weighted by Gasteiger charge is 2.10. The Morgan fingerprint density at radius 1 is 1.05 bits per heavy atom. The van der Waals surface area contributed by atoms with Crippen LogP contribution >= 0.6 is 15.9 Å². The second kappa shape index (κ2) is 6.97. The monoisotopic (exact) mass is 361 g/mol. The molecule has 2 aromatic carbocycles. The molecule has 22 heavy (non-hydrogen) atoms. The molecule has 0 aliphatic carbocycles. The highest BCUT2D eigenvalue weighted by atomic mass is 79.9. The summed E-state index contributed by atoms with van der Waals surface area (Å²) in [6.07, 6.45) is 0. The maximum atomic E-state index is 12.1. The van der Waals surface area contributed by atoms with Crippen LogP contribution in [-0.4, -0.2) is 12.5 Å². The van der Waals surface area contributed by atoms with E-state index in [4.69, 9.17) is 4.74 Å². The fraction of sp³-hybridized carbons (Fsp3) is 0.278. The molecule has 0 heterocycles. The minimum Gasteiger partial charge on any atom is -0.483 e. The molecule has 0 aliphatic rings. The molecule has 0 atom stereocenters. The van der Waals surface area contributed by atoms with E-state index in [-0.39, 0.29) is 12.5 Å². The second-order valence-electron chi connectivity index (χ2n) is 5.47. The van der Waals surface area contributed by atoms with Crippen molar-refractivity contribution in [3.63, 3.8) is 0 Å². The number of para-hydroxylation sites is 1. The van der Waals surface area contributed by atoms with Gasteiger partial charge in [-0.25, -0.2) is 0 Å². The van der Waals surface area contributed by atoms with Gasteiger partial charge in [-0.05, 0) is 62.1 Å². The summed E-state index contributed by atoms with van der Waals surface area (Å²) in [6, 6.07) is 9.86. The molecule has 0 fully saturated rings. The van der Waals surface area contributed by atoms with Gasteiger partial charge < -0.3 is 10.1 Å². The molecule has 116 valence electrons. The Morgan fingerprint density at radius 3 is 2.32 bits per heavy atom. The number of halogens is 1. The van der Waals surface area contributed by atoms with Crippen molar-refractivity contribution in [3.05, 3.63) is 57.1 Å². The van der Waals surface area contributed by atoms with E-state index in [9.17, 15) is 4.79 Å². The standard InChI is InChI=1S/C18H20BrNO2/c1-11-6-5-7-12(2)18(11)20-17(21)10-22-16-9-13(3)15(19)8-14(16)4/h5-9H,10H2,1-4H3,(H,20,21). The Morgan fingerprint density at radius 2 is 1.68 bits per heavy atom. The number of aryl methyl sites for hydroxylation is 4. The number of ether oxygens (including phenoxy) is 1. The summed E-state index contributed by atoms with van der Waals surface area (Å²) in [7, 11) is 0. The number of rotatable bonds is 4. The molecule has 1 N–H and O–H groups in total. The summed E-state index contributed by atoms with van der Waals surface area (Å²) in [4.78, 5) is 12.1. The second-order valence-corrected chi connectivity index (χ2v) is 6.32. The average Bonchev–Trinajstić information content (AvgIpc) is 2.45. The summed E-state index contributed by atoms with van der Waals surface area (Å²) in [5.41, 5.74) is 5.03. The Labute approximate surface area is 139 Å². The summed E-state index contributed by atoms with van der Waals surface area (Å²) >= 11 is 3.49. The van der Waals surface area contributed by atoms with Crippen LogP contribution in [0, 0.1) is 27.7 Å². The van der Waals surface area contributed by atoms with E-state index in [0.717, 1.165) is 38.2 Å². The molecular formula is C18H20BrNO2. The van der Waals surface area contributed by atoms with Crippen molar-refractivity contribution in [3.8, 4) is 5.75 Å². The molecule has 0 aromatic heterocycles. The summed E-state index contributed by atoms with van der Waals surface area (Å²) in [5, 5.41) is 2.92. The molecule has 2 aromatic rings. The molecule has 0 unspecified atom stereocenters. The van der Waals surface area contributed by atoms with Crippen LogP contribution in [0.2, 0.25) is 0 Å². The van der Waals surface area contributed by atoms with Crippen LogP contribution in [0.1, 0.15) is 22.3 Å². The maximum absolute atomic E-state index is 12.1. The van der Waals surface area contributed by atoms with Crippen molar-refractivity contribution in [2.24, 2.45) is 0 Å². The molecule has 4 heteroatoms. The molecule has 0 saturated carbocycles. The number of amides is 1. The van der Waals surface area contributed by atoms with Crippen LogP contribution in [0.5, 0.6) is 5.75 Å². The molecule has 1 amide bonds. The van der Waals surface area contributed by atoms with Crippen LogP contribution in [0.25, 0.3) is 0 Å².